The number of nitriles is 1. The van der Waals surface area contributed by atoms with Gasteiger partial charge in [-0.05, 0) is 24.0 Å². The summed E-state index contributed by atoms with van der Waals surface area (Å²) in [5, 5.41) is 8.90. The lowest BCUT2D eigenvalue weighted by atomic mass is 10.1. The molecule has 5 nitrogen and oxygen atoms in total. The third-order valence-electron chi connectivity index (χ3n) is 3.17. The Morgan fingerprint density at radius 3 is 2.26 bits per heavy atom. The van der Waals surface area contributed by atoms with Crippen LogP contribution < -0.4 is 9.47 Å². The molecule has 5 heteroatoms. The third-order valence-corrected chi connectivity index (χ3v) is 3.17. The molecule has 0 fully saturated rings. The molecular weight excluding hydrogens is 292 g/mol. The van der Waals surface area contributed by atoms with Crippen LogP contribution in [0.1, 0.15) is 33.3 Å². The Balaban J connectivity index is 2.75. The minimum absolute atomic E-state index is 0.0400. The van der Waals surface area contributed by atoms with Crippen molar-refractivity contribution in [2.45, 2.75) is 27.7 Å². The Morgan fingerprint density at radius 2 is 1.78 bits per heavy atom. The normalized spacial score (nSPS) is 10.5. The molecular formula is C18H26N2O3. The van der Waals surface area contributed by atoms with Gasteiger partial charge in [0.1, 0.15) is 0 Å². The molecule has 23 heavy (non-hydrogen) atoms. The van der Waals surface area contributed by atoms with Crippen LogP contribution in [0.4, 0.5) is 0 Å². The predicted molar refractivity (Wildman–Crippen MR) is 89.5 cm³/mol. The summed E-state index contributed by atoms with van der Waals surface area (Å²) in [6, 6.07) is 6.94. The largest absolute Gasteiger partial charge is 0.493 e. The van der Waals surface area contributed by atoms with Gasteiger partial charge in [0, 0.05) is 19.2 Å². The van der Waals surface area contributed by atoms with Gasteiger partial charge in [-0.2, -0.15) is 5.26 Å². The maximum absolute atomic E-state index is 12.4. The molecule has 0 spiro atoms. The van der Waals surface area contributed by atoms with Crippen LogP contribution in [0.2, 0.25) is 0 Å². The number of methoxy groups -OCH3 is 1. The van der Waals surface area contributed by atoms with E-state index in [9.17, 15) is 4.79 Å². The van der Waals surface area contributed by atoms with Crippen molar-refractivity contribution in [3.63, 3.8) is 0 Å². The van der Waals surface area contributed by atoms with E-state index in [-0.39, 0.29) is 12.5 Å². The second-order valence-electron chi connectivity index (χ2n) is 6.35. The summed E-state index contributed by atoms with van der Waals surface area (Å²) in [7, 11) is 1.51. The van der Waals surface area contributed by atoms with E-state index in [4.69, 9.17) is 14.7 Å². The van der Waals surface area contributed by atoms with E-state index < -0.39 is 0 Å². The van der Waals surface area contributed by atoms with Gasteiger partial charge in [-0.3, -0.25) is 4.79 Å². The number of ether oxygens (including phenoxy) is 2. The van der Waals surface area contributed by atoms with Crippen LogP contribution in [-0.2, 0) is 4.79 Å². The number of benzene rings is 1. The van der Waals surface area contributed by atoms with Gasteiger partial charge in [-0.15, -0.1) is 0 Å². The van der Waals surface area contributed by atoms with Crippen LogP contribution in [0.5, 0.6) is 11.5 Å². The number of hydrogen-bond acceptors (Lipinski definition) is 4. The molecule has 0 bridgehead atoms. The molecule has 0 saturated carbocycles. The summed E-state index contributed by atoms with van der Waals surface area (Å²) in [6.45, 7) is 9.74. The molecule has 0 aliphatic heterocycles. The number of amides is 1. The molecule has 1 amide bonds. The maximum Gasteiger partial charge on any atom is 0.260 e. The van der Waals surface area contributed by atoms with Crippen molar-refractivity contribution < 1.29 is 14.3 Å². The summed E-state index contributed by atoms with van der Waals surface area (Å²) in [5.41, 5.74) is 0.488. The highest BCUT2D eigenvalue weighted by Crippen LogP contribution is 2.27. The highest BCUT2D eigenvalue weighted by molar-refractivity contribution is 5.78. The Bertz CT molecular complexity index is 552. The molecule has 0 N–H and O–H groups in total. The van der Waals surface area contributed by atoms with Gasteiger partial charge in [0.15, 0.2) is 18.1 Å². The van der Waals surface area contributed by atoms with E-state index in [1.54, 1.807) is 18.2 Å². The average Bonchev–Trinajstić information content (AvgIpc) is 2.50. The molecule has 0 heterocycles. The first-order chi connectivity index (χ1) is 10.9. The summed E-state index contributed by atoms with van der Waals surface area (Å²) in [5.74, 6) is 1.69. The lowest BCUT2D eigenvalue weighted by Gasteiger charge is -2.26. The fraction of sp³-hybridized carbons (Fsp3) is 0.556. The molecule has 0 aliphatic carbocycles. The zero-order valence-corrected chi connectivity index (χ0v) is 14.6. The average molecular weight is 318 g/mol. The lowest BCUT2D eigenvalue weighted by molar-refractivity contribution is -0.134. The number of carbonyl (C=O) groups excluding carboxylic acids is 1. The first-order valence-corrected chi connectivity index (χ1v) is 7.86. The van der Waals surface area contributed by atoms with Crippen molar-refractivity contribution in [3.05, 3.63) is 23.8 Å². The van der Waals surface area contributed by atoms with Gasteiger partial charge >= 0.3 is 0 Å². The summed E-state index contributed by atoms with van der Waals surface area (Å²) in [4.78, 5) is 14.3. The molecule has 0 aromatic heterocycles. The zero-order valence-electron chi connectivity index (χ0n) is 14.6. The highest BCUT2D eigenvalue weighted by Gasteiger charge is 2.17. The van der Waals surface area contributed by atoms with Crippen LogP contribution in [-0.4, -0.2) is 37.6 Å². The topological polar surface area (TPSA) is 62.6 Å². The Morgan fingerprint density at radius 1 is 1.17 bits per heavy atom. The van der Waals surface area contributed by atoms with Crippen molar-refractivity contribution >= 4 is 5.91 Å². The van der Waals surface area contributed by atoms with E-state index in [2.05, 4.69) is 27.7 Å². The SMILES string of the molecule is COc1cc(C#N)ccc1OCC(=O)N(CC(C)C)CC(C)C. The molecule has 1 rings (SSSR count). The molecule has 0 unspecified atom stereocenters. The number of carbonyl (C=O) groups is 1. The van der Waals surface area contributed by atoms with Crippen LogP contribution in [0.15, 0.2) is 18.2 Å². The van der Waals surface area contributed by atoms with Crippen molar-refractivity contribution in [2.24, 2.45) is 11.8 Å². The lowest BCUT2D eigenvalue weighted by Crippen LogP contribution is -2.39. The third kappa shape index (κ3) is 6.19. The number of rotatable bonds is 8. The summed E-state index contributed by atoms with van der Waals surface area (Å²) in [6.07, 6.45) is 0. The van der Waals surface area contributed by atoms with E-state index in [0.29, 0.717) is 42.0 Å². The molecule has 0 radical (unpaired) electrons. The summed E-state index contributed by atoms with van der Waals surface area (Å²) >= 11 is 0. The molecule has 0 atom stereocenters. The fourth-order valence-electron chi connectivity index (χ4n) is 2.25. The predicted octanol–water partition coefficient (Wildman–Crippen LogP) is 3.09. The Kier molecular flexibility index (Phi) is 7.40. The minimum Gasteiger partial charge on any atom is -0.493 e. The molecule has 1 aromatic carbocycles. The van der Waals surface area contributed by atoms with Gasteiger partial charge < -0.3 is 14.4 Å². The van der Waals surface area contributed by atoms with E-state index in [1.807, 2.05) is 11.0 Å². The number of hydrogen-bond donors (Lipinski definition) is 0. The Labute approximate surface area is 138 Å². The van der Waals surface area contributed by atoms with Crippen molar-refractivity contribution in [2.75, 3.05) is 26.8 Å². The van der Waals surface area contributed by atoms with Crippen LogP contribution in [0.25, 0.3) is 0 Å². The smallest absolute Gasteiger partial charge is 0.260 e. The van der Waals surface area contributed by atoms with Crippen molar-refractivity contribution in [3.8, 4) is 17.6 Å². The maximum atomic E-state index is 12.4. The van der Waals surface area contributed by atoms with Gasteiger partial charge in [0.2, 0.25) is 0 Å². The highest BCUT2D eigenvalue weighted by atomic mass is 16.5. The number of nitrogens with zero attached hydrogens (tertiary/aromatic N) is 2. The van der Waals surface area contributed by atoms with E-state index >= 15 is 0 Å². The van der Waals surface area contributed by atoms with Crippen molar-refractivity contribution in [1.29, 1.82) is 5.26 Å². The van der Waals surface area contributed by atoms with Gasteiger partial charge in [0.25, 0.3) is 5.91 Å². The van der Waals surface area contributed by atoms with Crippen LogP contribution in [0, 0.1) is 23.2 Å². The molecule has 0 aliphatic rings. The Hall–Kier alpha value is -2.22. The standard InChI is InChI=1S/C18H26N2O3/c1-13(2)10-20(11-14(3)4)18(21)12-23-16-7-6-15(9-19)8-17(16)22-5/h6-8,13-14H,10-12H2,1-5H3. The van der Waals surface area contributed by atoms with Crippen LogP contribution in [0.3, 0.4) is 0 Å². The second kappa shape index (κ2) is 9.04. The first kappa shape index (κ1) is 18.8. The molecule has 1 aromatic rings. The van der Waals surface area contributed by atoms with Crippen molar-refractivity contribution in [1.82, 2.24) is 4.90 Å². The van der Waals surface area contributed by atoms with Crippen LogP contribution >= 0.6 is 0 Å². The van der Waals surface area contributed by atoms with Gasteiger partial charge in [-0.25, -0.2) is 0 Å². The van der Waals surface area contributed by atoms with Gasteiger partial charge in [0.05, 0.1) is 18.7 Å². The fourth-order valence-corrected chi connectivity index (χ4v) is 2.25. The first-order valence-electron chi connectivity index (χ1n) is 7.86. The zero-order chi connectivity index (χ0) is 17.4. The molecule has 0 saturated heterocycles. The minimum atomic E-state index is -0.0428. The summed E-state index contributed by atoms with van der Waals surface area (Å²) < 4.78 is 10.8. The van der Waals surface area contributed by atoms with E-state index in [1.165, 1.54) is 7.11 Å². The van der Waals surface area contributed by atoms with Gasteiger partial charge in [-0.1, -0.05) is 27.7 Å². The monoisotopic (exact) mass is 318 g/mol. The second-order valence-corrected chi connectivity index (χ2v) is 6.35. The quantitative estimate of drug-likeness (QED) is 0.739. The molecule has 126 valence electrons. The van der Waals surface area contributed by atoms with E-state index in [0.717, 1.165) is 0 Å².